The Balaban J connectivity index is 1.02. The van der Waals surface area contributed by atoms with Crippen LogP contribution in [0.3, 0.4) is 0 Å². The third-order valence-electron chi connectivity index (χ3n) is 8.67. The highest BCUT2D eigenvalue weighted by Crippen LogP contribution is 2.50. The molecule has 4 aliphatic rings. The first-order chi connectivity index (χ1) is 15.3. The number of hydrogen-bond donors (Lipinski definition) is 1. The molecule has 3 fully saturated rings. The topological polar surface area (TPSA) is 24.5 Å². The zero-order valence-electron chi connectivity index (χ0n) is 18.6. The van der Waals surface area contributed by atoms with Crippen molar-refractivity contribution in [2.45, 2.75) is 75.1 Å². The number of aryl methyl sites for hydroxylation is 1. The van der Waals surface area contributed by atoms with Crippen molar-refractivity contribution in [3.05, 3.63) is 71.3 Å². The van der Waals surface area contributed by atoms with Gasteiger partial charge in [0.15, 0.2) is 0 Å². The highest BCUT2D eigenvalue weighted by atomic mass is 16.5. The minimum absolute atomic E-state index is 0.0944. The number of hydrogen-bond acceptors (Lipinski definition) is 3. The Bertz CT molecular complexity index is 889. The van der Waals surface area contributed by atoms with Gasteiger partial charge in [0.2, 0.25) is 0 Å². The van der Waals surface area contributed by atoms with Gasteiger partial charge in [-0.05, 0) is 73.5 Å². The van der Waals surface area contributed by atoms with Gasteiger partial charge in [0.25, 0.3) is 0 Å². The molecule has 3 nitrogen and oxygen atoms in total. The van der Waals surface area contributed by atoms with Crippen LogP contribution >= 0.6 is 0 Å². The van der Waals surface area contributed by atoms with Gasteiger partial charge in [0.05, 0.1) is 12.2 Å². The summed E-state index contributed by atoms with van der Waals surface area (Å²) in [5.41, 5.74) is 4.77. The zero-order chi connectivity index (χ0) is 20.7. The minimum Gasteiger partial charge on any atom is -0.372 e. The summed E-state index contributed by atoms with van der Waals surface area (Å²) in [5, 5.41) is 4.09. The second kappa shape index (κ2) is 8.35. The maximum absolute atomic E-state index is 6.42. The molecule has 2 aromatic rings. The van der Waals surface area contributed by atoms with Gasteiger partial charge in [-0.25, -0.2) is 0 Å². The summed E-state index contributed by atoms with van der Waals surface area (Å²) >= 11 is 0. The molecule has 2 saturated carbocycles. The van der Waals surface area contributed by atoms with Gasteiger partial charge in [0.1, 0.15) is 0 Å². The molecule has 1 aliphatic heterocycles. The van der Waals surface area contributed by atoms with Gasteiger partial charge in [-0.15, -0.1) is 0 Å². The molecule has 0 bridgehead atoms. The molecule has 0 amide bonds. The van der Waals surface area contributed by atoms with Crippen LogP contribution in [0.15, 0.2) is 54.6 Å². The zero-order valence-corrected chi connectivity index (χ0v) is 18.6. The van der Waals surface area contributed by atoms with E-state index in [0.29, 0.717) is 6.04 Å². The van der Waals surface area contributed by atoms with Gasteiger partial charge >= 0.3 is 0 Å². The van der Waals surface area contributed by atoms with Gasteiger partial charge in [-0.2, -0.15) is 0 Å². The fourth-order valence-electron chi connectivity index (χ4n) is 6.92. The van der Waals surface area contributed by atoms with Crippen molar-refractivity contribution in [3.8, 4) is 0 Å². The number of benzene rings is 2. The summed E-state index contributed by atoms with van der Waals surface area (Å²) in [7, 11) is 0. The Morgan fingerprint density at radius 1 is 0.968 bits per heavy atom. The van der Waals surface area contributed by atoms with Crippen molar-refractivity contribution in [1.29, 1.82) is 0 Å². The molecule has 3 aliphatic carbocycles. The lowest BCUT2D eigenvalue weighted by Crippen LogP contribution is -2.58. The summed E-state index contributed by atoms with van der Waals surface area (Å²) < 4.78 is 6.42. The molecular formula is C28H36N2O. The van der Waals surface area contributed by atoms with Gasteiger partial charge in [0, 0.05) is 31.7 Å². The van der Waals surface area contributed by atoms with E-state index >= 15 is 0 Å². The Morgan fingerprint density at radius 2 is 1.77 bits per heavy atom. The first kappa shape index (κ1) is 20.0. The van der Waals surface area contributed by atoms with Gasteiger partial charge < -0.3 is 10.1 Å². The molecule has 0 aromatic heterocycles. The van der Waals surface area contributed by atoms with Crippen LogP contribution in [0, 0.1) is 5.92 Å². The summed E-state index contributed by atoms with van der Waals surface area (Å²) in [6, 6.07) is 21.5. The molecule has 3 unspecified atom stereocenters. The van der Waals surface area contributed by atoms with E-state index < -0.39 is 0 Å². The Hall–Kier alpha value is -1.68. The van der Waals surface area contributed by atoms with Gasteiger partial charge in [-0.3, -0.25) is 4.90 Å². The lowest BCUT2D eigenvalue weighted by Gasteiger charge is -2.52. The SMILES string of the molecule is c1ccc(CN2CCOC3(CCC(NC4CC5c6ccccc6CCC45)CC3)C2)cc1. The Morgan fingerprint density at radius 3 is 2.65 bits per heavy atom. The standard InChI is InChI=1S/C28H36N2O/c1-2-6-21(7-3-1)19-30-16-17-31-28(20-30)14-12-23(13-15-28)29-27-18-26-24-9-5-4-8-22(24)10-11-25(26)27/h1-9,23,25-27,29H,10-20H2. The summed E-state index contributed by atoms with van der Waals surface area (Å²) in [6.45, 7) is 4.10. The van der Waals surface area contributed by atoms with Crippen molar-refractivity contribution in [2.75, 3.05) is 19.7 Å². The molecule has 3 heteroatoms. The molecule has 6 rings (SSSR count). The van der Waals surface area contributed by atoms with Gasteiger partial charge in [-0.1, -0.05) is 54.6 Å². The molecule has 1 heterocycles. The molecule has 164 valence electrons. The van der Waals surface area contributed by atoms with Crippen molar-refractivity contribution in [3.63, 3.8) is 0 Å². The first-order valence-electron chi connectivity index (χ1n) is 12.5. The van der Waals surface area contributed by atoms with Crippen molar-refractivity contribution >= 4 is 0 Å². The largest absolute Gasteiger partial charge is 0.372 e. The van der Waals surface area contributed by atoms with E-state index in [0.717, 1.165) is 44.1 Å². The number of morpholine rings is 1. The van der Waals surface area contributed by atoms with Crippen LogP contribution in [0.25, 0.3) is 0 Å². The monoisotopic (exact) mass is 416 g/mol. The molecule has 2 aromatic carbocycles. The van der Waals surface area contributed by atoms with Crippen LogP contribution in [0.2, 0.25) is 0 Å². The summed E-state index contributed by atoms with van der Waals surface area (Å²) in [4.78, 5) is 2.61. The molecule has 3 atom stereocenters. The predicted octanol–water partition coefficient (Wildman–Crippen LogP) is 4.91. The third-order valence-corrected chi connectivity index (χ3v) is 8.67. The van der Waals surface area contributed by atoms with E-state index in [1.807, 2.05) is 0 Å². The van der Waals surface area contributed by atoms with Crippen LogP contribution in [0.4, 0.5) is 0 Å². The van der Waals surface area contributed by atoms with E-state index in [2.05, 4.69) is 64.8 Å². The van der Waals surface area contributed by atoms with Crippen LogP contribution < -0.4 is 5.32 Å². The van der Waals surface area contributed by atoms with Crippen molar-refractivity contribution < 1.29 is 4.74 Å². The predicted molar refractivity (Wildman–Crippen MR) is 125 cm³/mol. The number of ether oxygens (including phenoxy) is 1. The number of fused-ring (bicyclic) bond motifs is 3. The molecule has 1 spiro atoms. The average molecular weight is 417 g/mol. The van der Waals surface area contributed by atoms with E-state index in [1.165, 1.54) is 50.5 Å². The second-order valence-electron chi connectivity index (χ2n) is 10.5. The molecular weight excluding hydrogens is 380 g/mol. The lowest BCUT2D eigenvalue weighted by molar-refractivity contribution is -0.132. The van der Waals surface area contributed by atoms with Crippen LogP contribution in [0.1, 0.15) is 61.1 Å². The van der Waals surface area contributed by atoms with Crippen molar-refractivity contribution in [2.24, 2.45) is 5.92 Å². The highest BCUT2D eigenvalue weighted by molar-refractivity contribution is 5.36. The smallest absolute Gasteiger partial charge is 0.0810 e. The average Bonchev–Trinajstić information content (AvgIpc) is 2.79. The fourth-order valence-corrected chi connectivity index (χ4v) is 6.92. The first-order valence-corrected chi connectivity index (χ1v) is 12.5. The Kier molecular flexibility index (Phi) is 5.38. The van der Waals surface area contributed by atoms with E-state index in [9.17, 15) is 0 Å². The maximum atomic E-state index is 6.42. The second-order valence-corrected chi connectivity index (χ2v) is 10.5. The number of rotatable bonds is 4. The molecule has 1 N–H and O–H groups in total. The maximum Gasteiger partial charge on any atom is 0.0810 e. The van der Waals surface area contributed by atoms with E-state index in [1.54, 1.807) is 11.1 Å². The number of nitrogens with one attached hydrogen (secondary N) is 1. The molecule has 1 saturated heterocycles. The quantitative estimate of drug-likeness (QED) is 0.767. The molecule has 0 radical (unpaired) electrons. The third kappa shape index (κ3) is 3.97. The van der Waals surface area contributed by atoms with Crippen LogP contribution in [-0.2, 0) is 17.7 Å². The summed E-state index contributed by atoms with van der Waals surface area (Å²) in [5.74, 6) is 1.67. The Labute approximate surface area is 187 Å². The van der Waals surface area contributed by atoms with E-state index in [4.69, 9.17) is 4.74 Å². The molecule has 31 heavy (non-hydrogen) atoms. The number of nitrogens with zero attached hydrogens (tertiary/aromatic N) is 1. The normalized spacial score (nSPS) is 35.2. The fraction of sp³-hybridized carbons (Fsp3) is 0.571. The minimum atomic E-state index is 0.0944. The van der Waals surface area contributed by atoms with Crippen molar-refractivity contribution in [1.82, 2.24) is 10.2 Å². The summed E-state index contributed by atoms with van der Waals surface area (Å²) in [6.07, 6.45) is 8.93. The highest BCUT2D eigenvalue weighted by Gasteiger charge is 2.46. The lowest BCUT2D eigenvalue weighted by atomic mass is 9.60. The van der Waals surface area contributed by atoms with Crippen LogP contribution in [0.5, 0.6) is 0 Å². The van der Waals surface area contributed by atoms with E-state index in [-0.39, 0.29) is 5.60 Å². The van der Waals surface area contributed by atoms with Crippen LogP contribution in [-0.4, -0.2) is 42.3 Å².